The van der Waals surface area contributed by atoms with Gasteiger partial charge in [-0.2, -0.15) is 0 Å². The van der Waals surface area contributed by atoms with Crippen molar-refractivity contribution in [3.63, 3.8) is 0 Å². The van der Waals surface area contributed by atoms with Crippen LogP contribution in [0, 0.1) is 0 Å². The number of unbranched alkanes of at least 4 members (excludes halogenated alkanes) is 6. The summed E-state index contributed by atoms with van der Waals surface area (Å²) >= 11 is 0. The predicted octanol–water partition coefficient (Wildman–Crippen LogP) is 15.6. The van der Waals surface area contributed by atoms with Gasteiger partial charge in [0.25, 0.3) is 0 Å². The SMILES string of the molecule is CC/C=C\C/C=C\C/C=C\C/C=C\C/C=C\C/C=C\CCC(=O)OCC(COP(=O)(O)OCC(CO)OC(=O)CCCCCCC/C=C\C/C=C\CCC)OC(=O)CC/C=C\C/C=C\C/C=C\C/C=C\CC. The van der Waals surface area contributed by atoms with E-state index in [1.165, 1.54) is 0 Å². The van der Waals surface area contributed by atoms with Crippen molar-refractivity contribution < 1.29 is 52.2 Å². The van der Waals surface area contributed by atoms with Crippen LogP contribution in [0.25, 0.3) is 0 Å². The van der Waals surface area contributed by atoms with Crippen molar-refractivity contribution >= 4 is 25.7 Å². The fourth-order valence-electron chi connectivity index (χ4n) is 6.25. The van der Waals surface area contributed by atoms with Crippen LogP contribution in [-0.4, -0.2) is 66.5 Å². The van der Waals surface area contributed by atoms with E-state index in [4.69, 9.17) is 23.3 Å². The Balaban J connectivity index is 4.94. The Labute approximate surface area is 435 Å². The summed E-state index contributed by atoms with van der Waals surface area (Å²) in [7, 11) is -4.79. The molecule has 12 heteroatoms. The van der Waals surface area contributed by atoms with Gasteiger partial charge < -0.3 is 24.2 Å². The van der Waals surface area contributed by atoms with Crippen molar-refractivity contribution in [3.05, 3.63) is 146 Å². The van der Waals surface area contributed by atoms with Gasteiger partial charge in [0, 0.05) is 19.3 Å². The summed E-state index contributed by atoms with van der Waals surface area (Å²) in [4.78, 5) is 48.3. The van der Waals surface area contributed by atoms with Gasteiger partial charge in [0.05, 0.1) is 19.8 Å². The van der Waals surface area contributed by atoms with Crippen LogP contribution in [0.5, 0.6) is 0 Å². The van der Waals surface area contributed by atoms with Gasteiger partial charge in [-0.3, -0.25) is 23.4 Å². The Morgan fingerprint density at radius 2 is 0.750 bits per heavy atom. The van der Waals surface area contributed by atoms with Crippen molar-refractivity contribution in [3.8, 4) is 0 Å². The van der Waals surface area contributed by atoms with Crippen LogP contribution >= 0.6 is 7.82 Å². The van der Waals surface area contributed by atoms with E-state index >= 15 is 0 Å². The second kappa shape index (κ2) is 52.7. The highest BCUT2D eigenvalue weighted by Crippen LogP contribution is 2.43. The third kappa shape index (κ3) is 50.3. The average Bonchev–Trinajstić information content (AvgIpc) is 3.37. The van der Waals surface area contributed by atoms with Gasteiger partial charge in [-0.15, -0.1) is 0 Å². The van der Waals surface area contributed by atoms with Gasteiger partial charge in [0.15, 0.2) is 6.10 Å². The summed E-state index contributed by atoms with van der Waals surface area (Å²) in [6, 6.07) is 0. The first-order chi connectivity index (χ1) is 35.2. The molecular formula is C60H93O11P. The standard InChI is InChI=1S/C60H93O11P/c1-4-7-10-13-16-19-22-25-26-27-28-29-30-33-34-37-40-43-46-49-58(62)67-53-57(71-60(64)51-48-45-42-39-36-32-24-21-18-15-12-9-6-3)55-69-72(65,66)68-54-56(52-61)70-59(63)50-47-44-41-38-35-31-23-20-17-14-11-8-5-2/h7,9-12,14,16,18-21,23,25-26,28-29,32-34,36,40,42-43,45,56-57,61H,4-6,8,13,15,17,22,24,27,30-31,35,37-39,41,44,46-55H2,1-3H3,(H,65,66)/b10-7-,12-9-,14-11-,19-16-,21-18-,23-20-,26-25-,29-28-,34-33-,36-32-,43-40-,45-42-. The lowest BCUT2D eigenvalue weighted by Crippen LogP contribution is -2.30. The van der Waals surface area contributed by atoms with Gasteiger partial charge in [0.2, 0.25) is 0 Å². The lowest BCUT2D eigenvalue weighted by atomic mass is 10.1. The second-order valence-electron chi connectivity index (χ2n) is 16.9. The molecule has 3 atom stereocenters. The van der Waals surface area contributed by atoms with E-state index in [1.807, 2.05) is 30.4 Å². The van der Waals surface area contributed by atoms with Crippen LogP contribution in [-0.2, 0) is 42.2 Å². The molecule has 404 valence electrons. The van der Waals surface area contributed by atoms with Gasteiger partial charge in [0.1, 0.15) is 12.7 Å². The predicted molar refractivity (Wildman–Crippen MR) is 297 cm³/mol. The van der Waals surface area contributed by atoms with Gasteiger partial charge in [-0.05, 0) is 109 Å². The molecule has 2 N–H and O–H groups in total. The summed E-state index contributed by atoms with van der Waals surface area (Å²) in [5.41, 5.74) is 0. The zero-order valence-corrected chi connectivity index (χ0v) is 45.2. The topological polar surface area (TPSA) is 155 Å². The minimum atomic E-state index is -4.79. The fraction of sp³-hybridized carbons (Fsp3) is 0.550. The van der Waals surface area contributed by atoms with E-state index in [-0.39, 0.29) is 19.3 Å². The van der Waals surface area contributed by atoms with Gasteiger partial charge >= 0.3 is 25.7 Å². The number of phosphoric acid groups is 1. The molecular weight excluding hydrogens is 928 g/mol. The summed E-state index contributed by atoms with van der Waals surface area (Å²) < 4.78 is 39.2. The van der Waals surface area contributed by atoms with E-state index in [1.54, 1.807) is 0 Å². The number of carbonyl (C=O) groups excluding carboxylic acids is 3. The highest BCUT2D eigenvalue weighted by atomic mass is 31.2. The van der Waals surface area contributed by atoms with Crippen LogP contribution in [0.15, 0.2) is 146 Å². The Hall–Kier alpha value is -4.64. The summed E-state index contributed by atoms with van der Waals surface area (Å²) in [6.07, 6.45) is 67.1. The highest BCUT2D eigenvalue weighted by Gasteiger charge is 2.28. The maximum Gasteiger partial charge on any atom is 0.472 e. The lowest BCUT2D eigenvalue weighted by Gasteiger charge is -2.21. The maximum absolute atomic E-state index is 12.9. The fourth-order valence-corrected chi connectivity index (χ4v) is 7.04. The second-order valence-corrected chi connectivity index (χ2v) is 18.4. The molecule has 11 nitrogen and oxygen atoms in total. The van der Waals surface area contributed by atoms with Crippen molar-refractivity contribution in [1.82, 2.24) is 0 Å². The highest BCUT2D eigenvalue weighted by molar-refractivity contribution is 7.47. The summed E-state index contributed by atoms with van der Waals surface area (Å²) in [6.45, 7) is 4.12. The van der Waals surface area contributed by atoms with E-state index < -0.39 is 64.4 Å². The van der Waals surface area contributed by atoms with Gasteiger partial charge in [-0.25, -0.2) is 4.57 Å². The third-order valence-electron chi connectivity index (χ3n) is 10.2. The largest absolute Gasteiger partial charge is 0.472 e. The Morgan fingerprint density at radius 1 is 0.403 bits per heavy atom. The van der Waals surface area contributed by atoms with Crippen LogP contribution in [0.1, 0.15) is 175 Å². The first-order valence-corrected chi connectivity index (χ1v) is 28.2. The van der Waals surface area contributed by atoms with Crippen LogP contribution in [0.2, 0.25) is 0 Å². The molecule has 0 bridgehead atoms. The molecule has 0 heterocycles. The minimum Gasteiger partial charge on any atom is -0.462 e. The Morgan fingerprint density at radius 3 is 1.19 bits per heavy atom. The number of rotatable bonds is 47. The first-order valence-electron chi connectivity index (χ1n) is 26.7. The van der Waals surface area contributed by atoms with Crippen molar-refractivity contribution in [2.45, 2.75) is 187 Å². The molecule has 0 aliphatic carbocycles. The molecule has 0 amide bonds. The number of hydrogen-bond acceptors (Lipinski definition) is 10. The Bertz CT molecular complexity index is 1760. The van der Waals surface area contributed by atoms with Crippen LogP contribution in [0.3, 0.4) is 0 Å². The zero-order chi connectivity index (χ0) is 52.7. The molecule has 0 aromatic rings. The number of allylic oxidation sites excluding steroid dienone is 24. The summed E-state index contributed by atoms with van der Waals surface area (Å²) in [5.74, 6) is -1.70. The number of hydrogen-bond donors (Lipinski definition) is 2. The quantitative estimate of drug-likeness (QED) is 0.0197. The molecule has 0 rings (SSSR count). The lowest BCUT2D eigenvalue weighted by molar-refractivity contribution is -0.161. The van der Waals surface area contributed by atoms with Crippen molar-refractivity contribution in [2.24, 2.45) is 0 Å². The molecule has 3 unspecified atom stereocenters. The maximum atomic E-state index is 12.9. The van der Waals surface area contributed by atoms with E-state index in [0.717, 1.165) is 109 Å². The molecule has 72 heavy (non-hydrogen) atoms. The smallest absolute Gasteiger partial charge is 0.462 e. The number of phosphoric ester groups is 1. The number of carbonyl (C=O) groups is 3. The number of aliphatic hydroxyl groups excluding tert-OH is 1. The van der Waals surface area contributed by atoms with E-state index in [9.17, 15) is 28.9 Å². The number of esters is 3. The summed E-state index contributed by atoms with van der Waals surface area (Å²) in [5, 5.41) is 9.78. The molecule has 0 aromatic heterocycles. The zero-order valence-electron chi connectivity index (χ0n) is 44.3. The molecule has 0 aliphatic heterocycles. The van der Waals surface area contributed by atoms with Crippen molar-refractivity contribution in [1.29, 1.82) is 0 Å². The normalized spacial score (nSPS) is 14.6. The average molecular weight is 1020 g/mol. The van der Waals surface area contributed by atoms with Crippen molar-refractivity contribution in [2.75, 3.05) is 26.4 Å². The minimum absolute atomic E-state index is 0.0211. The van der Waals surface area contributed by atoms with Crippen LogP contribution < -0.4 is 0 Å². The van der Waals surface area contributed by atoms with E-state index in [2.05, 4.69) is 136 Å². The monoisotopic (exact) mass is 1020 g/mol. The molecule has 0 spiro atoms. The molecule has 0 aliphatic rings. The number of ether oxygens (including phenoxy) is 3. The first kappa shape index (κ1) is 67.4. The Kier molecular flexibility index (Phi) is 49.3. The number of aliphatic hydroxyl groups is 1. The molecule has 0 radical (unpaired) electrons. The van der Waals surface area contributed by atoms with Crippen LogP contribution in [0.4, 0.5) is 0 Å². The molecule has 0 saturated heterocycles. The molecule has 0 aromatic carbocycles. The van der Waals surface area contributed by atoms with Gasteiger partial charge in [-0.1, -0.05) is 192 Å². The third-order valence-corrected chi connectivity index (χ3v) is 11.2. The molecule has 0 fully saturated rings. The molecule has 0 saturated carbocycles. The van der Waals surface area contributed by atoms with E-state index in [0.29, 0.717) is 25.7 Å².